The Balaban J connectivity index is 2.47. The maximum atomic E-state index is 11.7. The van der Waals surface area contributed by atoms with Gasteiger partial charge in [-0.15, -0.1) is 11.3 Å². The number of amides is 2. The molecule has 1 rings (SSSR count). The van der Waals surface area contributed by atoms with Crippen molar-refractivity contribution in [1.82, 2.24) is 10.6 Å². The second-order valence-corrected chi connectivity index (χ2v) is 5.50. The molecule has 110 valence electrons. The van der Waals surface area contributed by atoms with Crippen LogP contribution in [0.15, 0.2) is 12.1 Å². The molecule has 2 unspecified atom stereocenters. The summed E-state index contributed by atoms with van der Waals surface area (Å²) in [6.45, 7) is 2.76. The maximum absolute atomic E-state index is 11.7. The summed E-state index contributed by atoms with van der Waals surface area (Å²) in [5.74, 6) is -2.42. The average molecular weight is 300 g/mol. The second-order valence-electron chi connectivity index (χ2n) is 4.22. The lowest BCUT2D eigenvalue weighted by Gasteiger charge is -2.17. The Hall–Kier alpha value is -1.93. The van der Waals surface area contributed by atoms with E-state index in [0.29, 0.717) is 4.88 Å². The van der Waals surface area contributed by atoms with Crippen molar-refractivity contribution in [3.63, 3.8) is 0 Å². The van der Waals surface area contributed by atoms with Gasteiger partial charge in [-0.25, -0.2) is 4.79 Å². The number of aliphatic hydroxyl groups is 1. The highest BCUT2D eigenvalue weighted by Gasteiger charge is 2.24. The van der Waals surface area contributed by atoms with Crippen molar-refractivity contribution in [2.75, 3.05) is 6.54 Å². The SMILES string of the molecule is Cc1ccc(C(=O)NCC(=O)NC(C(=O)O)C(C)O)s1. The maximum Gasteiger partial charge on any atom is 0.328 e. The quantitative estimate of drug-likeness (QED) is 0.577. The van der Waals surface area contributed by atoms with Crippen molar-refractivity contribution in [3.8, 4) is 0 Å². The highest BCUT2D eigenvalue weighted by Crippen LogP contribution is 2.14. The van der Waals surface area contributed by atoms with Crippen LogP contribution in [0.4, 0.5) is 0 Å². The first kappa shape index (κ1) is 16.1. The minimum Gasteiger partial charge on any atom is -0.480 e. The Morgan fingerprint density at radius 3 is 2.45 bits per heavy atom. The smallest absolute Gasteiger partial charge is 0.328 e. The van der Waals surface area contributed by atoms with E-state index in [9.17, 15) is 19.5 Å². The third-order valence-corrected chi connectivity index (χ3v) is 3.44. The van der Waals surface area contributed by atoms with Gasteiger partial charge < -0.3 is 20.8 Å². The molecule has 2 amide bonds. The first-order chi connectivity index (χ1) is 9.31. The fraction of sp³-hybridized carbons (Fsp3) is 0.417. The molecule has 0 bridgehead atoms. The number of nitrogens with one attached hydrogen (secondary N) is 2. The molecule has 1 aromatic heterocycles. The number of hydrogen-bond acceptors (Lipinski definition) is 5. The van der Waals surface area contributed by atoms with Gasteiger partial charge in [0.25, 0.3) is 5.91 Å². The third-order valence-electron chi connectivity index (χ3n) is 2.44. The number of aliphatic hydroxyl groups excluding tert-OH is 1. The molecule has 0 fully saturated rings. The van der Waals surface area contributed by atoms with Crippen LogP contribution >= 0.6 is 11.3 Å². The standard InChI is InChI=1S/C12H16N2O5S/c1-6-3-4-8(20-6)11(17)13-5-9(16)14-10(7(2)15)12(18)19/h3-4,7,10,15H,5H2,1-2H3,(H,13,17)(H,14,16)(H,18,19). The fourth-order valence-corrected chi connectivity index (χ4v) is 2.20. The summed E-state index contributed by atoms with van der Waals surface area (Å²) in [6, 6.07) is 2.03. The highest BCUT2D eigenvalue weighted by atomic mass is 32.1. The number of carboxylic acid groups (broad SMARTS) is 1. The molecule has 0 radical (unpaired) electrons. The van der Waals surface area contributed by atoms with Crippen LogP contribution in [0.3, 0.4) is 0 Å². The van der Waals surface area contributed by atoms with Crippen LogP contribution in [-0.4, -0.2) is 46.7 Å². The first-order valence-electron chi connectivity index (χ1n) is 5.86. The lowest BCUT2D eigenvalue weighted by Crippen LogP contribution is -2.50. The van der Waals surface area contributed by atoms with E-state index in [1.165, 1.54) is 18.3 Å². The van der Waals surface area contributed by atoms with Crippen LogP contribution in [0, 0.1) is 6.92 Å². The van der Waals surface area contributed by atoms with Crippen molar-refractivity contribution in [3.05, 3.63) is 21.9 Å². The fourth-order valence-electron chi connectivity index (χ4n) is 1.42. The summed E-state index contributed by atoms with van der Waals surface area (Å²) in [4.78, 5) is 35.4. The van der Waals surface area contributed by atoms with Gasteiger partial charge in [0.15, 0.2) is 6.04 Å². The normalized spacial score (nSPS) is 13.3. The van der Waals surface area contributed by atoms with Crippen LogP contribution in [0.2, 0.25) is 0 Å². The van der Waals surface area contributed by atoms with Crippen LogP contribution in [0.1, 0.15) is 21.5 Å². The molecule has 4 N–H and O–H groups in total. The molecule has 1 aromatic rings. The number of aliphatic carboxylic acids is 1. The van der Waals surface area contributed by atoms with E-state index < -0.39 is 29.9 Å². The lowest BCUT2D eigenvalue weighted by atomic mass is 10.2. The number of carbonyl (C=O) groups excluding carboxylic acids is 2. The lowest BCUT2D eigenvalue weighted by molar-refractivity contribution is -0.144. The Kier molecular flexibility index (Phi) is 5.66. The number of hydrogen-bond donors (Lipinski definition) is 4. The Labute approximate surface area is 119 Å². The first-order valence-corrected chi connectivity index (χ1v) is 6.67. The molecular weight excluding hydrogens is 284 g/mol. The molecule has 1 heterocycles. The van der Waals surface area contributed by atoms with E-state index in [0.717, 1.165) is 4.88 Å². The Morgan fingerprint density at radius 1 is 1.35 bits per heavy atom. The molecule has 8 heteroatoms. The zero-order valence-corrected chi connectivity index (χ0v) is 11.9. The topological polar surface area (TPSA) is 116 Å². The van der Waals surface area contributed by atoms with E-state index in [1.807, 2.05) is 6.92 Å². The average Bonchev–Trinajstić information content (AvgIpc) is 2.79. The molecule has 7 nitrogen and oxygen atoms in total. The van der Waals surface area contributed by atoms with E-state index in [2.05, 4.69) is 10.6 Å². The predicted molar refractivity (Wildman–Crippen MR) is 72.6 cm³/mol. The van der Waals surface area contributed by atoms with Crippen molar-refractivity contribution < 1.29 is 24.6 Å². The highest BCUT2D eigenvalue weighted by molar-refractivity contribution is 7.13. The van der Waals surface area contributed by atoms with E-state index in [-0.39, 0.29) is 6.54 Å². The molecule has 0 aliphatic heterocycles. The number of aryl methyl sites for hydroxylation is 1. The van der Waals surface area contributed by atoms with Crippen molar-refractivity contribution in [2.24, 2.45) is 0 Å². The second kappa shape index (κ2) is 7.01. The van der Waals surface area contributed by atoms with E-state index >= 15 is 0 Å². The van der Waals surface area contributed by atoms with Gasteiger partial charge in [-0.1, -0.05) is 0 Å². The molecule has 0 aliphatic rings. The van der Waals surface area contributed by atoms with Gasteiger partial charge in [-0.05, 0) is 26.0 Å². The van der Waals surface area contributed by atoms with Crippen molar-refractivity contribution >= 4 is 29.1 Å². The van der Waals surface area contributed by atoms with E-state index in [1.54, 1.807) is 12.1 Å². The summed E-state index contributed by atoms with van der Waals surface area (Å²) in [6.07, 6.45) is -1.23. The molecule has 0 spiro atoms. The number of rotatable bonds is 6. The van der Waals surface area contributed by atoms with E-state index in [4.69, 9.17) is 5.11 Å². The van der Waals surface area contributed by atoms with Crippen LogP contribution < -0.4 is 10.6 Å². The molecule has 0 aliphatic carbocycles. The van der Waals surface area contributed by atoms with Gasteiger partial charge in [-0.2, -0.15) is 0 Å². The van der Waals surface area contributed by atoms with Crippen LogP contribution in [-0.2, 0) is 9.59 Å². The van der Waals surface area contributed by atoms with Gasteiger partial charge in [0.05, 0.1) is 17.5 Å². The van der Waals surface area contributed by atoms with Crippen LogP contribution in [0.25, 0.3) is 0 Å². The Morgan fingerprint density at radius 2 is 2.00 bits per heavy atom. The summed E-state index contributed by atoms with van der Waals surface area (Å²) in [7, 11) is 0. The summed E-state index contributed by atoms with van der Waals surface area (Å²) < 4.78 is 0. The molecule has 0 saturated carbocycles. The summed E-state index contributed by atoms with van der Waals surface area (Å²) in [5, 5.41) is 22.5. The minimum atomic E-state index is -1.40. The molecule has 2 atom stereocenters. The van der Waals surface area contributed by atoms with Gasteiger partial charge in [0.2, 0.25) is 5.91 Å². The largest absolute Gasteiger partial charge is 0.480 e. The third kappa shape index (κ3) is 4.63. The zero-order chi connectivity index (χ0) is 15.3. The number of thiophene rings is 1. The number of carbonyl (C=O) groups is 3. The molecular formula is C12H16N2O5S. The molecule has 20 heavy (non-hydrogen) atoms. The zero-order valence-electron chi connectivity index (χ0n) is 11.0. The predicted octanol–water partition coefficient (Wildman–Crippen LogP) is -0.263. The molecule has 0 aromatic carbocycles. The summed E-state index contributed by atoms with van der Waals surface area (Å²) >= 11 is 1.29. The number of carboxylic acids is 1. The van der Waals surface area contributed by atoms with Gasteiger partial charge in [0, 0.05) is 4.88 Å². The molecule has 0 saturated heterocycles. The van der Waals surface area contributed by atoms with Crippen LogP contribution in [0.5, 0.6) is 0 Å². The van der Waals surface area contributed by atoms with Gasteiger partial charge in [-0.3, -0.25) is 9.59 Å². The monoisotopic (exact) mass is 300 g/mol. The minimum absolute atomic E-state index is 0.355. The van der Waals surface area contributed by atoms with Crippen molar-refractivity contribution in [1.29, 1.82) is 0 Å². The van der Waals surface area contributed by atoms with Gasteiger partial charge >= 0.3 is 5.97 Å². The Bertz CT molecular complexity index is 512. The van der Waals surface area contributed by atoms with Gasteiger partial charge in [0.1, 0.15) is 0 Å². The summed E-state index contributed by atoms with van der Waals surface area (Å²) in [5.41, 5.74) is 0. The van der Waals surface area contributed by atoms with Crippen molar-refractivity contribution in [2.45, 2.75) is 26.0 Å².